The summed E-state index contributed by atoms with van der Waals surface area (Å²) in [5.41, 5.74) is 4.64. The number of carbonyl (C=O) groups excluding carboxylic acids is 2. The standard InChI is InChI=1S/C15H15N3O3/c1-8-17-11-4-2-3-10(16)14(11)15(21)18(8)12-6-5-9(19)7-13(12)20/h2-4,12H,5-7,16H2,1H3/i1D,3D,4D,5D,6D. The summed E-state index contributed by atoms with van der Waals surface area (Å²) >= 11 is 0. The maximum absolute atomic E-state index is 13.0. The molecule has 108 valence electrons. The monoisotopic (exact) mass is 290 g/mol. The fourth-order valence-corrected chi connectivity index (χ4v) is 2.34. The first-order valence-electron chi connectivity index (χ1n) is 9.05. The van der Waals surface area contributed by atoms with Crippen LogP contribution in [0, 0.1) is 6.90 Å². The van der Waals surface area contributed by atoms with E-state index in [9.17, 15) is 14.4 Å². The number of ketones is 2. The van der Waals surface area contributed by atoms with Crippen molar-refractivity contribution >= 4 is 28.2 Å². The second-order valence-electron chi connectivity index (χ2n) is 4.69. The summed E-state index contributed by atoms with van der Waals surface area (Å²) in [5, 5.41) is -0.238. The molecule has 2 N–H and O–H groups in total. The maximum atomic E-state index is 13.0. The summed E-state index contributed by atoms with van der Waals surface area (Å²) in [4.78, 5) is 41.1. The molecule has 0 amide bonds. The summed E-state index contributed by atoms with van der Waals surface area (Å²) in [6, 6.07) is -0.788. The van der Waals surface area contributed by atoms with Gasteiger partial charge in [0, 0.05) is 16.2 Å². The average Bonchev–Trinajstić information content (AvgIpc) is 2.58. The Morgan fingerprint density at radius 3 is 3.05 bits per heavy atom. The molecule has 1 fully saturated rings. The molecule has 1 saturated carbocycles. The van der Waals surface area contributed by atoms with Gasteiger partial charge in [0.15, 0.2) is 5.78 Å². The van der Waals surface area contributed by atoms with E-state index in [1.165, 1.54) is 0 Å². The van der Waals surface area contributed by atoms with E-state index in [4.69, 9.17) is 12.6 Å². The number of fused-ring (bicyclic) bond motifs is 1. The lowest BCUT2D eigenvalue weighted by atomic mass is 9.92. The van der Waals surface area contributed by atoms with Crippen LogP contribution in [0.1, 0.15) is 37.9 Å². The highest BCUT2D eigenvalue weighted by atomic mass is 16.2. The van der Waals surface area contributed by atoms with E-state index in [0.717, 1.165) is 10.6 Å². The lowest BCUT2D eigenvalue weighted by Gasteiger charge is -2.24. The molecular formula is C15H15N3O3. The number of Topliss-reactive ketones (excluding diaryl/α,β-unsaturated/α-hetero) is 2. The Morgan fingerprint density at radius 1 is 1.48 bits per heavy atom. The molecule has 3 unspecified atom stereocenters. The normalized spacial score (nSPS) is 29.5. The lowest BCUT2D eigenvalue weighted by Crippen LogP contribution is -2.36. The minimum Gasteiger partial charge on any atom is -0.398 e. The van der Waals surface area contributed by atoms with Crippen molar-refractivity contribution in [2.45, 2.75) is 32.2 Å². The number of hydrogen-bond acceptors (Lipinski definition) is 5. The molecule has 0 aliphatic heterocycles. The number of aryl methyl sites for hydroxylation is 1. The number of aromatic nitrogens is 2. The van der Waals surface area contributed by atoms with Crippen molar-refractivity contribution < 1.29 is 16.4 Å². The first-order valence-corrected chi connectivity index (χ1v) is 6.19. The summed E-state index contributed by atoms with van der Waals surface area (Å²) in [5.74, 6) is -1.56. The fraction of sp³-hybridized carbons (Fsp3) is 0.333. The van der Waals surface area contributed by atoms with E-state index in [-0.39, 0.29) is 34.5 Å². The third kappa shape index (κ3) is 2.12. The number of carbonyl (C=O) groups is 2. The third-order valence-electron chi connectivity index (χ3n) is 3.32. The van der Waals surface area contributed by atoms with E-state index in [1.54, 1.807) is 0 Å². The zero-order valence-electron chi connectivity index (χ0n) is 15.9. The SMILES string of the molecule is [2H]Cc1nc2c([2H])cc([2H])c(N)c2c(=O)n1C1C(=O)CC(=O)C([2H])C1[2H]. The number of nitrogens with two attached hydrogens (primary N) is 1. The van der Waals surface area contributed by atoms with Crippen molar-refractivity contribution in [2.75, 3.05) is 5.73 Å². The molecule has 3 rings (SSSR count). The van der Waals surface area contributed by atoms with Crippen molar-refractivity contribution in [1.82, 2.24) is 9.55 Å². The molecule has 0 radical (unpaired) electrons. The van der Waals surface area contributed by atoms with Gasteiger partial charge in [-0.25, -0.2) is 4.98 Å². The Bertz CT molecular complexity index is 1010. The molecule has 0 spiro atoms. The van der Waals surface area contributed by atoms with Crippen LogP contribution in [-0.2, 0) is 9.59 Å². The predicted molar refractivity (Wildman–Crippen MR) is 78.1 cm³/mol. The van der Waals surface area contributed by atoms with Crippen molar-refractivity contribution in [3.63, 3.8) is 0 Å². The van der Waals surface area contributed by atoms with Crippen LogP contribution in [0.3, 0.4) is 0 Å². The second kappa shape index (κ2) is 4.80. The highest BCUT2D eigenvalue weighted by molar-refractivity contribution is 6.03. The van der Waals surface area contributed by atoms with Gasteiger partial charge in [-0.15, -0.1) is 0 Å². The Hall–Kier alpha value is -2.50. The van der Waals surface area contributed by atoms with Gasteiger partial charge in [-0.2, -0.15) is 0 Å². The molecule has 1 aliphatic rings. The van der Waals surface area contributed by atoms with Crippen molar-refractivity contribution in [1.29, 1.82) is 0 Å². The number of nitrogens with zero attached hydrogens (tertiary/aromatic N) is 2. The van der Waals surface area contributed by atoms with Gasteiger partial charge >= 0.3 is 0 Å². The highest BCUT2D eigenvalue weighted by Crippen LogP contribution is 2.24. The minimum atomic E-state index is -1.53. The predicted octanol–water partition coefficient (Wildman–Crippen LogP) is 1.15. The van der Waals surface area contributed by atoms with Crippen molar-refractivity contribution in [3.05, 3.63) is 34.3 Å². The van der Waals surface area contributed by atoms with Crippen molar-refractivity contribution in [3.8, 4) is 0 Å². The summed E-state index contributed by atoms with van der Waals surface area (Å²) in [6.45, 7) is -0.514. The van der Waals surface area contributed by atoms with E-state index >= 15 is 0 Å². The number of benzene rings is 1. The quantitative estimate of drug-likeness (QED) is 0.628. The summed E-state index contributed by atoms with van der Waals surface area (Å²) in [7, 11) is 0. The molecule has 3 atom stereocenters. The summed E-state index contributed by atoms with van der Waals surface area (Å²) in [6.07, 6.45) is -3.60. The topological polar surface area (TPSA) is 95.0 Å². The fourth-order valence-electron chi connectivity index (χ4n) is 2.34. The Labute approximate surface area is 127 Å². The zero-order valence-corrected chi connectivity index (χ0v) is 10.9. The first-order chi connectivity index (χ1) is 12.2. The van der Waals surface area contributed by atoms with Crippen molar-refractivity contribution in [2.24, 2.45) is 0 Å². The molecule has 6 heteroatoms. The largest absolute Gasteiger partial charge is 0.398 e. The van der Waals surface area contributed by atoms with Crippen LogP contribution >= 0.6 is 0 Å². The highest BCUT2D eigenvalue weighted by Gasteiger charge is 2.30. The van der Waals surface area contributed by atoms with E-state index in [0.29, 0.717) is 0 Å². The van der Waals surface area contributed by atoms with Gasteiger partial charge < -0.3 is 5.73 Å². The van der Waals surface area contributed by atoms with Gasteiger partial charge in [-0.1, -0.05) is 6.07 Å². The van der Waals surface area contributed by atoms with E-state index in [1.807, 2.05) is 0 Å². The van der Waals surface area contributed by atoms with Gasteiger partial charge in [0.1, 0.15) is 11.6 Å². The van der Waals surface area contributed by atoms with E-state index in [2.05, 4.69) is 4.98 Å². The smallest absolute Gasteiger partial charge is 0.264 e. The van der Waals surface area contributed by atoms with E-state index < -0.39 is 49.3 Å². The molecule has 21 heavy (non-hydrogen) atoms. The van der Waals surface area contributed by atoms with Gasteiger partial charge in [-0.3, -0.25) is 19.0 Å². The van der Waals surface area contributed by atoms with Crippen LogP contribution in [0.15, 0.2) is 22.9 Å². The van der Waals surface area contributed by atoms with Crippen LogP contribution in [0.2, 0.25) is 0 Å². The molecule has 1 aliphatic carbocycles. The molecule has 6 nitrogen and oxygen atoms in total. The maximum Gasteiger partial charge on any atom is 0.264 e. The van der Waals surface area contributed by atoms with Crippen LogP contribution in [0.25, 0.3) is 10.9 Å². The number of nitrogen functional groups attached to an aromatic ring is 1. The van der Waals surface area contributed by atoms with Crippen LogP contribution in [0.5, 0.6) is 0 Å². The van der Waals surface area contributed by atoms with Gasteiger partial charge in [-0.05, 0) is 25.4 Å². The average molecular weight is 290 g/mol. The van der Waals surface area contributed by atoms with Crippen LogP contribution in [-0.4, -0.2) is 21.1 Å². The number of hydrogen-bond donors (Lipinski definition) is 1. The minimum absolute atomic E-state index is 0.0923. The molecular weight excluding hydrogens is 270 g/mol. The molecule has 1 aromatic heterocycles. The van der Waals surface area contributed by atoms with Gasteiger partial charge in [0.05, 0.1) is 26.1 Å². The molecule has 1 heterocycles. The Kier molecular flexibility index (Phi) is 1.99. The molecule has 2 aromatic rings. The van der Waals surface area contributed by atoms with Gasteiger partial charge in [0.25, 0.3) is 5.56 Å². The van der Waals surface area contributed by atoms with Crippen LogP contribution < -0.4 is 11.3 Å². The number of rotatable bonds is 1. The van der Waals surface area contributed by atoms with Gasteiger partial charge in [0.2, 0.25) is 0 Å². The molecule has 0 saturated heterocycles. The second-order valence-corrected chi connectivity index (χ2v) is 4.69. The number of anilines is 1. The Morgan fingerprint density at radius 2 is 2.29 bits per heavy atom. The Balaban J connectivity index is 2.38. The molecule has 1 aromatic carbocycles. The summed E-state index contributed by atoms with van der Waals surface area (Å²) < 4.78 is 39.9. The first kappa shape index (κ1) is 8.71. The zero-order chi connectivity index (χ0) is 19.3. The lowest BCUT2D eigenvalue weighted by molar-refractivity contribution is -0.132. The molecule has 0 bridgehead atoms. The third-order valence-corrected chi connectivity index (χ3v) is 3.32. The van der Waals surface area contributed by atoms with Crippen LogP contribution in [0.4, 0.5) is 5.69 Å².